The Kier molecular flexibility index (Phi) is 5.85. The van der Waals surface area contributed by atoms with Crippen LogP contribution >= 0.6 is 11.6 Å². The molecule has 5 nitrogen and oxygen atoms in total. The number of halogens is 2. The van der Waals surface area contributed by atoms with Crippen molar-refractivity contribution < 1.29 is 23.8 Å². The molecular formula is C28H23ClFNO4. The van der Waals surface area contributed by atoms with E-state index in [-0.39, 0.29) is 28.1 Å². The molecule has 2 aliphatic rings. The maximum Gasteiger partial charge on any atom is 0.300 e. The van der Waals surface area contributed by atoms with Gasteiger partial charge in [0.05, 0.1) is 16.6 Å². The number of hydrogen-bond donors (Lipinski definition) is 1. The summed E-state index contributed by atoms with van der Waals surface area (Å²) in [5.41, 5.74) is 3.30. The van der Waals surface area contributed by atoms with E-state index in [4.69, 9.17) is 16.3 Å². The van der Waals surface area contributed by atoms with Crippen molar-refractivity contribution in [1.82, 2.24) is 0 Å². The van der Waals surface area contributed by atoms with Crippen molar-refractivity contribution in [2.24, 2.45) is 0 Å². The number of carbonyl (C=O) groups excluding carboxylic acids is 2. The molecule has 5 rings (SSSR count). The Morgan fingerprint density at radius 1 is 1.11 bits per heavy atom. The van der Waals surface area contributed by atoms with Crippen molar-refractivity contribution in [3.05, 3.63) is 99.3 Å². The number of nitrogens with zero attached hydrogens (tertiary/aromatic N) is 1. The molecule has 0 radical (unpaired) electrons. The fourth-order valence-corrected chi connectivity index (χ4v) is 4.88. The first kappa shape index (κ1) is 23.1. The van der Waals surface area contributed by atoms with E-state index < -0.39 is 23.5 Å². The smallest absolute Gasteiger partial charge is 0.300 e. The molecule has 1 amide bonds. The van der Waals surface area contributed by atoms with Crippen LogP contribution < -0.4 is 9.64 Å². The third-order valence-electron chi connectivity index (χ3n) is 6.50. The lowest BCUT2D eigenvalue weighted by Crippen LogP contribution is -2.29. The van der Waals surface area contributed by atoms with Gasteiger partial charge in [0.1, 0.15) is 23.4 Å². The number of amides is 1. The van der Waals surface area contributed by atoms with Gasteiger partial charge in [-0.05, 0) is 66.4 Å². The van der Waals surface area contributed by atoms with E-state index in [0.29, 0.717) is 17.5 Å². The number of Topliss-reactive ketones (excluding diaryl/α,β-unsaturated/α-hetero) is 1. The quantitative estimate of drug-likeness (QED) is 0.276. The van der Waals surface area contributed by atoms with Gasteiger partial charge in [-0.25, -0.2) is 4.39 Å². The van der Waals surface area contributed by atoms with Gasteiger partial charge >= 0.3 is 0 Å². The summed E-state index contributed by atoms with van der Waals surface area (Å²) in [6.45, 7) is 3.99. The molecule has 7 heteroatoms. The van der Waals surface area contributed by atoms with E-state index >= 15 is 0 Å². The van der Waals surface area contributed by atoms with Crippen molar-refractivity contribution in [1.29, 1.82) is 0 Å². The Balaban J connectivity index is 1.69. The average Bonchev–Trinajstić information content (AvgIpc) is 3.36. The zero-order chi connectivity index (χ0) is 24.9. The fourth-order valence-electron chi connectivity index (χ4n) is 4.71. The van der Waals surface area contributed by atoms with Gasteiger partial charge < -0.3 is 9.84 Å². The molecule has 0 bridgehead atoms. The van der Waals surface area contributed by atoms with Crippen molar-refractivity contribution in [3.8, 4) is 5.75 Å². The highest BCUT2D eigenvalue weighted by molar-refractivity contribution is 6.51. The number of benzene rings is 3. The summed E-state index contributed by atoms with van der Waals surface area (Å²) in [4.78, 5) is 27.8. The van der Waals surface area contributed by atoms with E-state index in [9.17, 15) is 19.1 Å². The number of rotatable bonds is 4. The first-order valence-electron chi connectivity index (χ1n) is 11.4. The monoisotopic (exact) mass is 491 g/mol. The van der Waals surface area contributed by atoms with E-state index in [1.165, 1.54) is 17.0 Å². The number of hydrogen-bond acceptors (Lipinski definition) is 4. The summed E-state index contributed by atoms with van der Waals surface area (Å²) in [7, 11) is 0. The molecule has 1 saturated heterocycles. The number of aryl methyl sites for hydroxylation is 1. The van der Waals surface area contributed by atoms with Gasteiger partial charge in [-0.3, -0.25) is 14.5 Å². The molecule has 0 spiro atoms. The standard InChI is InChI=1S/C28H23ClFNO4/c1-3-16-4-6-17(7-5-16)25-24(26(32)18-8-11-23-19(13-18)12-15(2)35-23)27(33)28(34)31(25)20-9-10-22(30)21(29)14-20/h4-11,13-15,25,32H,3,12H2,1-2H3/b26-24-. The largest absolute Gasteiger partial charge is 0.507 e. The van der Waals surface area contributed by atoms with Crippen LogP contribution in [-0.2, 0) is 22.4 Å². The average molecular weight is 492 g/mol. The van der Waals surface area contributed by atoms with Crippen molar-refractivity contribution in [3.63, 3.8) is 0 Å². The Morgan fingerprint density at radius 3 is 2.54 bits per heavy atom. The van der Waals surface area contributed by atoms with Crippen LogP contribution in [0.1, 0.15) is 42.1 Å². The van der Waals surface area contributed by atoms with E-state index in [1.54, 1.807) is 18.2 Å². The first-order valence-corrected chi connectivity index (χ1v) is 11.8. The maximum atomic E-state index is 13.9. The second-order valence-corrected chi connectivity index (χ2v) is 9.22. The minimum Gasteiger partial charge on any atom is -0.507 e. The van der Waals surface area contributed by atoms with Gasteiger partial charge in [0.2, 0.25) is 0 Å². The molecule has 1 fully saturated rings. The second-order valence-electron chi connectivity index (χ2n) is 8.82. The van der Waals surface area contributed by atoms with E-state index in [0.717, 1.165) is 29.4 Å². The zero-order valence-electron chi connectivity index (χ0n) is 19.2. The highest BCUT2D eigenvalue weighted by atomic mass is 35.5. The molecule has 2 heterocycles. The minimum atomic E-state index is -0.911. The second kappa shape index (κ2) is 8.86. The lowest BCUT2D eigenvalue weighted by Gasteiger charge is -2.26. The molecule has 2 atom stereocenters. The van der Waals surface area contributed by atoms with Gasteiger partial charge in [-0.15, -0.1) is 0 Å². The van der Waals surface area contributed by atoms with E-state index in [1.807, 2.05) is 38.1 Å². The molecular weight excluding hydrogens is 469 g/mol. The number of aliphatic hydroxyl groups excluding tert-OH is 1. The first-order chi connectivity index (χ1) is 16.8. The van der Waals surface area contributed by atoms with Gasteiger partial charge in [-0.1, -0.05) is 42.8 Å². The van der Waals surface area contributed by atoms with Crippen LogP contribution in [0.5, 0.6) is 5.75 Å². The number of anilines is 1. The number of aliphatic hydroxyl groups is 1. The number of carbonyl (C=O) groups is 2. The summed E-state index contributed by atoms with van der Waals surface area (Å²) in [5.74, 6) is -1.81. The van der Waals surface area contributed by atoms with Crippen LogP contribution in [0.4, 0.5) is 10.1 Å². The lowest BCUT2D eigenvalue weighted by atomic mass is 9.93. The molecule has 0 saturated carbocycles. The molecule has 1 N–H and O–H groups in total. The molecule has 2 unspecified atom stereocenters. The van der Waals surface area contributed by atoms with Gasteiger partial charge in [0, 0.05) is 17.7 Å². The van der Waals surface area contributed by atoms with Gasteiger partial charge in [-0.2, -0.15) is 0 Å². The summed E-state index contributed by atoms with van der Waals surface area (Å²) in [5, 5.41) is 11.2. The molecule has 35 heavy (non-hydrogen) atoms. The number of fused-ring (bicyclic) bond motifs is 1. The highest BCUT2D eigenvalue weighted by Gasteiger charge is 2.47. The zero-order valence-corrected chi connectivity index (χ0v) is 20.0. The van der Waals surface area contributed by atoms with Crippen LogP contribution in [0.2, 0.25) is 5.02 Å². The Bertz CT molecular complexity index is 1380. The Hall–Kier alpha value is -3.64. The summed E-state index contributed by atoms with van der Waals surface area (Å²) in [6, 6.07) is 15.7. The predicted octanol–water partition coefficient (Wildman–Crippen LogP) is 5.99. The summed E-state index contributed by atoms with van der Waals surface area (Å²) >= 11 is 6.00. The topological polar surface area (TPSA) is 66.8 Å². The van der Waals surface area contributed by atoms with Crippen molar-refractivity contribution in [2.75, 3.05) is 4.90 Å². The van der Waals surface area contributed by atoms with Crippen molar-refractivity contribution in [2.45, 2.75) is 38.8 Å². The number of ether oxygens (including phenoxy) is 1. The molecule has 2 aliphatic heterocycles. The van der Waals surface area contributed by atoms with Crippen LogP contribution in [0.15, 0.2) is 66.2 Å². The highest BCUT2D eigenvalue weighted by Crippen LogP contribution is 2.43. The van der Waals surface area contributed by atoms with Crippen molar-refractivity contribution >= 4 is 34.7 Å². The summed E-state index contributed by atoms with van der Waals surface area (Å²) < 4.78 is 19.6. The normalized spacial score (nSPS) is 20.7. The molecule has 0 aromatic heterocycles. The summed E-state index contributed by atoms with van der Waals surface area (Å²) in [6.07, 6.45) is 1.53. The van der Waals surface area contributed by atoms with Crippen LogP contribution in [-0.4, -0.2) is 22.9 Å². The van der Waals surface area contributed by atoms with Crippen LogP contribution in [0, 0.1) is 5.82 Å². The number of ketones is 1. The third-order valence-corrected chi connectivity index (χ3v) is 6.79. The molecule has 0 aliphatic carbocycles. The van der Waals surface area contributed by atoms with E-state index in [2.05, 4.69) is 0 Å². The maximum absolute atomic E-state index is 13.9. The fraction of sp³-hybridized carbons (Fsp3) is 0.214. The Labute approximate surface area is 207 Å². The Morgan fingerprint density at radius 2 is 1.86 bits per heavy atom. The van der Waals surface area contributed by atoms with Gasteiger partial charge in [0.15, 0.2) is 0 Å². The predicted molar refractivity (Wildman–Crippen MR) is 132 cm³/mol. The SMILES string of the molecule is CCc1ccc(C2/C(=C(/O)c3ccc4c(c3)CC(C)O4)C(=O)C(=O)N2c2ccc(F)c(Cl)c2)cc1. The third kappa shape index (κ3) is 3.98. The lowest BCUT2D eigenvalue weighted by molar-refractivity contribution is -0.132. The van der Waals surface area contributed by atoms with Gasteiger partial charge in [0.25, 0.3) is 11.7 Å². The minimum absolute atomic E-state index is 0.0216. The molecule has 3 aromatic rings. The van der Waals surface area contributed by atoms with Crippen LogP contribution in [0.25, 0.3) is 5.76 Å². The van der Waals surface area contributed by atoms with Crippen LogP contribution in [0.3, 0.4) is 0 Å². The molecule has 178 valence electrons. The molecule has 3 aromatic carbocycles.